The maximum atomic E-state index is 11.7. The summed E-state index contributed by atoms with van der Waals surface area (Å²) in [5.41, 5.74) is 1.87. The summed E-state index contributed by atoms with van der Waals surface area (Å²) >= 11 is 0. The van der Waals surface area contributed by atoms with Crippen molar-refractivity contribution in [3.05, 3.63) is 54.3 Å². The molecule has 1 heterocycles. The average Bonchev–Trinajstić information content (AvgIpc) is 2.85. The van der Waals surface area contributed by atoms with Crippen LogP contribution in [0.2, 0.25) is 0 Å². The third-order valence-corrected chi connectivity index (χ3v) is 2.69. The number of carbonyl (C=O) groups excluding carboxylic acids is 1. The van der Waals surface area contributed by atoms with Crippen molar-refractivity contribution in [2.24, 2.45) is 0 Å². The fourth-order valence-corrected chi connectivity index (χ4v) is 1.78. The van der Waals surface area contributed by atoms with Crippen molar-refractivity contribution < 1.29 is 4.79 Å². The quantitative estimate of drug-likeness (QED) is 0.497. The first-order chi connectivity index (χ1) is 9.26. The molecule has 0 spiro atoms. The molecule has 1 aromatic carbocycles. The summed E-state index contributed by atoms with van der Waals surface area (Å²) in [4.78, 5) is 14.8. The Labute approximate surface area is 111 Å². The van der Waals surface area contributed by atoms with Crippen LogP contribution in [0.5, 0.6) is 0 Å². The zero-order valence-corrected chi connectivity index (χ0v) is 10.3. The molecule has 0 saturated heterocycles. The van der Waals surface area contributed by atoms with Crippen LogP contribution in [0.3, 0.4) is 0 Å². The SMILES string of the molecule is C=CCNC(=O)/C(C#N)=C\c1c[nH]c2ccccc12. The smallest absolute Gasteiger partial charge is 0.262 e. The molecule has 2 rings (SSSR count). The molecule has 0 bridgehead atoms. The van der Waals surface area contributed by atoms with Crippen LogP contribution >= 0.6 is 0 Å². The van der Waals surface area contributed by atoms with Gasteiger partial charge in [-0.15, -0.1) is 6.58 Å². The van der Waals surface area contributed by atoms with Crippen molar-refractivity contribution in [2.45, 2.75) is 0 Å². The summed E-state index contributed by atoms with van der Waals surface area (Å²) in [7, 11) is 0. The van der Waals surface area contributed by atoms with E-state index >= 15 is 0 Å². The van der Waals surface area contributed by atoms with Crippen molar-refractivity contribution >= 4 is 22.9 Å². The molecule has 0 radical (unpaired) electrons. The Bertz CT molecular complexity index is 689. The number of nitrogens with one attached hydrogen (secondary N) is 2. The summed E-state index contributed by atoms with van der Waals surface area (Å²) in [6, 6.07) is 9.63. The van der Waals surface area contributed by atoms with Crippen LogP contribution in [-0.2, 0) is 4.79 Å². The van der Waals surface area contributed by atoms with E-state index in [2.05, 4.69) is 16.9 Å². The molecule has 2 N–H and O–H groups in total. The lowest BCUT2D eigenvalue weighted by Crippen LogP contribution is -2.24. The van der Waals surface area contributed by atoms with Gasteiger partial charge >= 0.3 is 0 Å². The number of carbonyl (C=O) groups is 1. The monoisotopic (exact) mass is 251 g/mol. The summed E-state index contributed by atoms with van der Waals surface area (Å²) in [6.07, 6.45) is 4.93. The van der Waals surface area contributed by atoms with Gasteiger partial charge in [0.25, 0.3) is 5.91 Å². The largest absolute Gasteiger partial charge is 0.361 e. The van der Waals surface area contributed by atoms with E-state index in [9.17, 15) is 4.79 Å². The molecular weight excluding hydrogens is 238 g/mol. The molecule has 4 heteroatoms. The Morgan fingerprint density at radius 3 is 3.00 bits per heavy atom. The molecule has 2 aromatic rings. The van der Waals surface area contributed by atoms with Crippen LogP contribution < -0.4 is 5.32 Å². The van der Waals surface area contributed by atoms with E-state index < -0.39 is 5.91 Å². The number of hydrogen-bond donors (Lipinski definition) is 2. The molecule has 0 aliphatic heterocycles. The van der Waals surface area contributed by atoms with Gasteiger partial charge in [0, 0.05) is 29.2 Å². The van der Waals surface area contributed by atoms with E-state index in [0.717, 1.165) is 16.5 Å². The van der Waals surface area contributed by atoms with E-state index in [1.807, 2.05) is 30.3 Å². The van der Waals surface area contributed by atoms with Gasteiger partial charge in [-0.25, -0.2) is 0 Å². The molecule has 4 nitrogen and oxygen atoms in total. The molecule has 0 aliphatic carbocycles. The normalized spacial score (nSPS) is 11.0. The fraction of sp³-hybridized carbons (Fsp3) is 0.0667. The molecule has 0 unspecified atom stereocenters. The number of benzene rings is 1. The highest BCUT2D eigenvalue weighted by Crippen LogP contribution is 2.20. The minimum Gasteiger partial charge on any atom is -0.361 e. The molecule has 1 amide bonds. The Morgan fingerprint density at radius 1 is 1.47 bits per heavy atom. The summed E-state index contributed by atoms with van der Waals surface area (Å²) in [5, 5.41) is 12.6. The van der Waals surface area contributed by atoms with Crippen LogP contribution in [0, 0.1) is 11.3 Å². The molecule has 0 atom stereocenters. The van der Waals surface area contributed by atoms with Crippen LogP contribution in [0.15, 0.2) is 48.7 Å². The first-order valence-electron chi connectivity index (χ1n) is 5.83. The third kappa shape index (κ3) is 2.72. The lowest BCUT2D eigenvalue weighted by molar-refractivity contribution is -0.116. The first kappa shape index (κ1) is 12.7. The third-order valence-electron chi connectivity index (χ3n) is 2.69. The number of para-hydroxylation sites is 1. The molecule has 94 valence electrons. The van der Waals surface area contributed by atoms with Gasteiger partial charge in [-0.1, -0.05) is 24.3 Å². The summed E-state index contributed by atoms with van der Waals surface area (Å²) < 4.78 is 0. The lowest BCUT2D eigenvalue weighted by atomic mass is 10.1. The predicted octanol–water partition coefficient (Wildman–Crippen LogP) is 2.38. The molecule has 0 fully saturated rings. The van der Waals surface area contributed by atoms with Crippen molar-refractivity contribution in [3.63, 3.8) is 0 Å². The number of fused-ring (bicyclic) bond motifs is 1. The maximum absolute atomic E-state index is 11.7. The van der Waals surface area contributed by atoms with Crippen molar-refractivity contribution in [3.8, 4) is 6.07 Å². The number of aromatic nitrogens is 1. The first-order valence-corrected chi connectivity index (χ1v) is 5.83. The van der Waals surface area contributed by atoms with Gasteiger partial charge < -0.3 is 10.3 Å². The predicted molar refractivity (Wildman–Crippen MR) is 75.1 cm³/mol. The number of H-pyrrole nitrogens is 1. The number of rotatable bonds is 4. The number of hydrogen-bond acceptors (Lipinski definition) is 2. The van der Waals surface area contributed by atoms with Gasteiger partial charge in [0.15, 0.2) is 0 Å². The number of amides is 1. The summed E-state index contributed by atoms with van der Waals surface area (Å²) in [5.74, 6) is -0.396. The van der Waals surface area contributed by atoms with Gasteiger partial charge in [0.05, 0.1) is 0 Å². The zero-order chi connectivity index (χ0) is 13.7. The van der Waals surface area contributed by atoms with Crippen molar-refractivity contribution in [1.29, 1.82) is 5.26 Å². The Balaban J connectivity index is 2.35. The number of nitriles is 1. The highest BCUT2D eigenvalue weighted by molar-refractivity contribution is 6.03. The van der Waals surface area contributed by atoms with Crippen molar-refractivity contribution in [2.75, 3.05) is 6.54 Å². The van der Waals surface area contributed by atoms with Crippen LogP contribution in [0.1, 0.15) is 5.56 Å². The highest BCUT2D eigenvalue weighted by Gasteiger charge is 2.09. The second-order valence-electron chi connectivity index (χ2n) is 3.96. The van der Waals surface area contributed by atoms with E-state index in [1.165, 1.54) is 0 Å². The lowest BCUT2D eigenvalue weighted by Gasteiger charge is -1.99. The van der Waals surface area contributed by atoms with Gasteiger partial charge in [0.2, 0.25) is 0 Å². The topological polar surface area (TPSA) is 68.7 Å². The minimum atomic E-state index is -0.396. The fourth-order valence-electron chi connectivity index (χ4n) is 1.78. The highest BCUT2D eigenvalue weighted by atomic mass is 16.1. The van der Waals surface area contributed by atoms with Crippen molar-refractivity contribution in [1.82, 2.24) is 10.3 Å². The molecule has 19 heavy (non-hydrogen) atoms. The molecule has 1 aromatic heterocycles. The van der Waals surface area contributed by atoms with Gasteiger partial charge in [0.1, 0.15) is 11.6 Å². The van der Waals surface area contributed by atoms with Crippen LogP contribution in [-0.4, -0.2) is 17.4 Å². The zero-order valence-electron chi connectivity index (χ0n) is 10.3. The minimum absolute atomic E-state index is 0.0756. The Morgan fingerprint density at radius 2 is 2.26 bits per heavy atom. The second-order valence-corrected chi connectivity index (χ2v) is 3.96. The number of nitrogens with zero attached hydrogens (tertiary/aromatic N) is 1. The van der Waals surface area contributed by atoms with Crippen LogP contribution in [0.4, 0.5) is 0 Å². The maximum Gasteiger partial charge on any atom is 0.262 e. The molecule has 0 aliphatic rings. The Kier molecular flexibility index (Phi) is 3.79. The van der Waals surface area contributed by atoms with Crippen LogP contribution in [0.25, 0.3) is 17.0 Å². The Hall–Kier alpha value is -2.80. The van der Waals surface area contributed by atoms with Gasteiger partial charge in [-0.3, -0.25) is 4.79 Å². The van der Waals surface area contributed by atoms with E-state index in [1.54, 1.807) is 18.3 Å². The van der Waals surface area contributed by atoms with E-state index in [4.69, 9.17) is 5.26 Å². The van der Waals surface area contributed by atoms with E-state index in [-0.39, 0.29) is 5.57 Å². The molecular formula is C15H13N3O. The van der Waals surface area contributed by atoms with E-state index in [0.29, 0.717) is 6.54 Å². The van der Waals surface area contributed by atoms with Gasteiger partial charge in [-0.05, 0) is 12.1 Å². The standard InChI is InChI=1S/C15H13N3O/c1-2-7-17-15(19)11(9-16)8-12-10-18-14-6-4-3-5-13(12)14/h2-6,8,10,18H,1,7H2,(H,17,19)/b11-8-. The second kappa shape index (κ2) is 5.69. The average molecular weight is 251 g/mol. The molecule has 0 saturated carbocycles. The number of aromatic amines is 1. The summed E-state index contributed by atoms with van der Waals surface area (Å²) in [6.45, 7) is 3.85. The van der Waals surface area contributed by atoms with Gasteiger partial charge in [-0.2, -0.15) is 5.26 Å².